The predicted molar refractivity (Wildman–Crippen MR) is 103 cm³/mol. The zero-order valence-corrected chi connectivity index (χ0v) is 15.6. The normalized spacial score (nSPS) is 10.7. The van der Waals surface area contributed by atoms with Crippen LogP contribution in [0, 0.1) is 6.92 Å². The largest absolute Gasteiger partial charge is 0.493 e. The monoisotopic (exact) mass is 342 g/mol. The lowest BCUT2D eigenvalue weighted by Gasteiger charge is -2.13. The van der Waals surface area contributed by atoms with Gasteiger partial charge in [-0.25, -0.2) is 0 Å². The van der Waals surface area contributed by atoms with Crippen molar-refractivity contribution >= 4 is 0 Å². The maximum atomic E-state index is 5.94. The number of hydrogen-bond acceptors (Lipinski definition) is 4. The highest BCUT2D eigenvalue weighted by atomic mass is 16.5. The molecule has 0 atom stereocenters. The molecule has 2 N–H and O–H groups in total. The Hall–Kier alpha value is -2.04. The molecule has 4 nitrogen and oxygen atoms in total. The van der Waals surface area contributed by atoms with Crippen LogP contribution in [0.3, 0.4) is 0 Å². The van der Waals surface area contributed by atoms with Gasteiger partial charge in [0.2, 0.25) is 0 Å². The van der Waals surface area contributed by atoms with E-state index in [0.29, 0.717) is 6.61 Å². The third-order valence-corrected chi connectivity index (χ3v) is 3.99. The summed E-state index contributed by atoms with van der Waals surface area (Å²) in [5, 5.41) is 6.79. The summed E-state index contributed by atoms with van der Waals surface area (Å²) in [5.74, 6) is 1.56. The molecule has 0 amide bonds. The number of methoxy groups -OCH3 is 1. The number of ether oxygens (including phenoxy) is 2. The molecule has 0 saturated carbocycles. The number of benzene rings is 2. The van der Waals surface area contributed by atoms with E-state index < -0.39 is 0 Å². The van der Waals surface area contributed by atoms with Gasteiger partial charge in [0.25, 0.3) is 0 Å². The lowest BCUT2D eigenvalue weighted by atomic mass is 10.1. The van der Waals surface area contributed by atoms with Gasteiger partial charge in [-0.3, -0.25) is 0 Å². The predicted octanol–water partition coefficient (Wildman–Crippen LogP) is 3.67. The van der Waals surface area contributed by atoms with Gasteiger partial charge in [-0.1, -0.05) is 42.8 Å². The maximum Gasteiger partial charge on any atom is 0.161 e. The third kappa shape index (κ3) is 6.77. The van der Waals surface area contributed by atoms with Crippen LogP contribution in [0.2, 0.25) is 0 Å². The van der Waals surface area contributed by atoms with Gasteiger partial charge < -0.3 is 20.1 Å². The maximum absolute atomic E-state index is 5.94. The summed E-state index contributed by atoms with van der Waals surface area (Å²) < 4.78 is 11.4. The number of aryl methyl sites for hydroxylation is 1. The van der Waals surface area contributed by atoms with E-state index in [1.54, 1.807) is 7.11 Å². The van der Waals surface area contributed by atoms with Gasteiger partial charge >= 0.3 is 0 Å². The van der Waals surface area contributed by atoms with Gasteiger partial charge in [0.15, 0.2) is 11.5 Å². The first kappa shape index (κ1) is 19.3. The standard InChI is InChI=1S/C21H30N2O2/c1-4-22-11-6-12-23-15-18-9-10-20(21(14-18)24-3)25-16-19-8-5-7-17(2)13-19/h5,7-10,13-14,22-23H,4,6,11-12,15-16H2,1-3H3. The average molecular weight is 342 g/mol. The zero-order valence-electron chi connectivity index (χ0n) is 15.6. The van der Waals surface area contributed by atoms with Crippen LogP contribution >= 0.6 is 0 Å². The van der Waals surface area contributed by atoms with E-state index in [1.165, 1.54) is 11.1 Å². The second-order valence-electron chi connectivity index (χ2n) is 6.15. The molecule has 2 aromatic carbocycles. The van der Waals surface area contributed by atoms with E-state index in [0.717, 1.165) is 49.7 Å². The minimum Gasteiger partial charge on any atom is -0.493 e. The first-order chi connectivity index (χ1) is 12.2. The Kier molecular flexibility index (Phi) is 8.29. The van der Waals surface area contributed by atoms with E-state index in [-0.39, 0.29) is 0 Å². The number of rotatable bonds is 11. The Bertz CT molecular complexity index is 644. The number of nitrogens with one attached hydrogen (secondary N) is 2. The molecule has 0 saturated heterocycles. The van der Waals surface area contributed by atoms with Crippen molar-refractivity contribution in [2.45, 2.75) is 33.4 Å². The van der Waals surface area contributed by atoms with Crippen molar-refractivity contribution in [2.75, 3.05) is 26.7 Å². The van der Waals surface area contributed by atoms with E-state index >= 15 is 0 Å². The molecule has 0 aromatic heterocycles. The average Bonchev–Trinajstić information content (AvgIpc) is 2.63. The van der Waals surface area contributed by atoms with Crippen LogP contribution in [0.15, 0.2) is 42.5 Å². The van der Waals surface area contributed by atoms with Crippen LogP contribution in [0.5, 0.6) is 11.5 Å². The van der Waals surface area contributed by atoms with Crippen LogP contribution in [0.25, 0.3) is 0 Å². The molecule has 0 unspecified atom stereocenters. The van der Waals surface area contributed by atoms with E-state index in [1.807, 2.05) is 12.1 Å². The fraction of sp³-hybridized carbons (Fsp3) is 0.429. The molecule has 0 radical (unpaired) electrons. The van der Waals surface area contributed by atoms with Gasteiger partial charge in [-0.05, 0) is 56.2 Å². The zero-order chi connectivity index (χ0) is 17.9. The van der Waals surface area contributed by atoms with Crippen LogP contribution in [0.1, 0.15) is 30.0 Å². The molecule has 0 aliphatic heterocycles. The summed E-state index contributed by atoms with van der Waals surface area (Å²) >= 11 is 0. The number of hydrogen-bond donors (Lipinski definition) is 2. The lowest BCUT2D eigenvalue weighted by Crippen LogP contribution is -2.21. The molecule has 25 heavy (non-hydrogen) atoms. The van der Waals surface area contributed by atoms with E-state index in [4.69, 9.17) is 9.47 Å². The van der Waals surface area contributed by atoms with E-state index in [9.17, 15) is 0 Å². The minimum atomic E-state index is 0.542. The fourth-order valence-corrected chi connectivity index (χ4v) is 2.65. The van der Waals surface area contributed by atoms with Crippen molar-refractivity contribution in [1.29, 1.82) is 0 Å². The van der Waals surface area contributed by atoms with Crippen molar-refractivity contribution < 1.29 is 9.47 Å². The van der Waals surface area contributed by atoms with Crippen LogP contribution in [-0.2, 0) is 13.2 Å². The molecule has 0 heterocycles. The Balaban J connectivity index is 1.85. The highest BCUT2D eigenvalue weighted by Gasteiger charge is 2.06. The third-order valence-electron chi connectivity index (χ3n) is 3.99. The lowest BCUT2D eigenvalue weighted by molar-refractivity contribution is 0.284. The Morgan fingerprint density at radius 1 is 0.920 bits per heavy atom. The molecular formula is C21H30N2O2. The molecule has 0 fully saturated rings. The van der Waals surface area contributed by atoms with Crippen molar-refractivity contribution in [3.8, 4) is 11.5 Å². The fourth-order valence-electron chi connectivity index (χ4n) is 2.65. The smallest absolute Gasteiger partial charge is 0.161 e. The summed E-state index contributed by atoms with van der Waals surface area (Å²) in [5.41, 5.74) is 3.60. The topological polar surface area (TPSA) is 42.5 Å². The van der Waals surface area contributed by atoms with Gasteiger partial charge in [0.1, 0.15) is 6.61 Å². The molecule has 4 heteroatoms. The quantitative estimate of drug-likeness (QED) is 0.612. The molecule has 0 aliphatic carbocycles. The molecule has 0 aliphatic rings. The highest BCUT2D eigenvalue weighted by Crippen LogP contribution is 2.28. The molecule has 136 valence electrons. The van der Waals surface area contributed by atoms with Crippen molar-refractivity contribution in [3.05, 3.63) is 59.2 Å². The SMILES string of the molecule is CCNCCCNCc1ccc(OCc2cccc(C)c2)c(OC)c1. The molecular weight excluding hydrogens is 312 g/mol. The summed E-state index contributed by atoms with van der Waals surface area (Å²) in [6, 6.07) is 14.5. The molecule has 0 spiro atoms. The Labute approximate surface area is 151 Å². The minimum absolute atomic E-state index is 0.542. The van der Waals surface area contributed by atoms with Gasteiger partial charge in [0.05, 0.1) is 7.11 Å². The summed E-state index contributed by atoms with van der Waals surface area (Å²) in [6.07, 6.45) is 1.13. The first-order valence-electron chi connectivity index (χ1n) is 8.99. The van der Waals surface area contributed by atoms with Crippen LogP contribution in [-0.4, -0.2) is 26.7 Å². The van der Waals surface area contributed by atoms with Crippen LogP contribution in [0.4, 0.5) is 0 Å². The molecule has 2 rings (SSSR count). The van der Waals surface area contributed by atoms with Crippen molar-refractivity contribution in [2.24, 2.45) is 0 Å². The molecule has 2 aromatic rings. The summed E-state index contributed by atoms with van der Waals surface area (Å²) in [6.45, 7) is 8.67. The van der Waals surface area contributed by atoms with Gasteiger partial charge in [-0.2, -0.15) is 0 Å². The summed E-state index contributed by atoms with van der Waals surface area (Å²) in [4.78, 5) is 0. The Morgan fingerprint density at radius 3 is 2.52 bits per heavy atom. The van der Waals surface area contributed by atoms with Crippen LogP contribution < -0.4 is 20.1 Å². The second-order valence-corrected chi connectivity index (χ2v) is 6.15. The molecule has 0 bridgehead atoms. The van der Waals surface area contributed by atoms with Crippen molar-refractivity contribution in [1.82, 2.24) is 10.6 Å². The van der Waals surface area contributed by atoms with Crippen molar-refractivity contribution in [3.63, 3.8) is 0 Å². The second kappa shape index (κ2) is 10.7. The Morgan fingerprint density at radius 2 is 1.76 bits per heavy atom. The van der Waals surface area contributed by atoms with E-state index in [2.05, 4.69) is 54.8 Å². The highest BCUT2D eigenvalue weighted by molar-refractivity contribution is 5.43. The van der Waals surface area contributed by atoms with Gasteiger partial charge in [0, 0.05) is 6.54 Å². The van der Waals surface area contributed by atoms with Gasteiger partial charge in [-0.15, -0.1) is 0 Å². The first-order valence-corrected chi connectivity index (χ1v) is 8.99. The summed E-state index contributed by atoms with van der Waals surface area (Å²) in [7, 11) is 1.68.